The number of carbonyl (C=O) groups excluding carboxylic acids is 2. The van der Waals surface area contributed by atoms with Gasteiger partial charge in [-0.25, -0.2) is 4.98 Å². The predicted molar refractivity (Wildman–Crippen MR) is 103 cm³/mol. The molecule has 1 aromatic rings. The second-order valence-corrected chi connectivity index (χ2v) is 10.4. The Hall–Kier alpha value is -1.75. The molecule has 0 saturated heterocycles. The lowest BCUT2D eigenvalue weighted by molar-refractivity contribution is -0.119. The first-order valence-electron chi connectivity index (χ1n) is 9.28. The van der Waals surface area contributed by atoms with Crippen LogP contribution in [0.1, 0.15) is 70.0 Å². The summed E-state index contributed by atoms with van der Waals surface area (Å²) in [4.78, 5) is 30.9. The van der Waals surface area contributed by atoms with Crippen molar-refractivity contribution in [1.82, 2.24) is 10.3 Å². The van der Waals surface area contributed by atoms with E-state index in [9.17, 15) is 9.59 Å². The van der Waals surface area contributed by atoms with Crippen molar-refractivity contribution in [3.8, 4) is 0 Å². The molecule has 5 heteroatoms. The highest BCUT2D eigenvalue weighted by Gasteiger charge is 2.47. The van der Waals surface area contributed by atoms with Gasteiger partial charge in [0.15, 0.2) is 11.6 Å². The van der Waals surface area contributed by atoms with E-state index in [1.165, 1.54) is 0 Å². The van der Waals surface area contributed by atoms with Crippen molar-refractivity contribution in [3.63, 3.8) is 0 Å². The van der Waals surface area contributed by atoms with E-state index in [2.05, 4.69) is 38.0 Å². The molecule has 0 atom stereocenters. The molecule has 0 fully saturated rings. The van der Waals surface area contributed by atoms with Gasteiger partial charge in [0.1, 0.15) is 5.01 Å². The van der Waals surface area contributed by atoms with Crippen LogP contribution in [0.25, 0.3) is 0 Å². The number of dihydropyridines is 1. The van der Waals surface area contributed by atoms with Crippen molar-refractivity contribution in [3.05, 3.63) is 38.6 Å². The van der Waals surface area contributed by atoms with Gasteiger partial charge < -0.3 is 5.32 Å². The molecule has 2 heterocycles. The summed E-state index contributed by atoms with van der Waals surface area (Å²) in [6.45, 7) is 10.5. The lowest BCUT2D eigenvalue weighted by Gasteiger charge is -2.43. The summed E-state index contributed by atoms with van der Waals surface area (Å²) >= 11 is 1.56. The molecule has 0 radical (unpaired) electrons. The number of aryl methyl sites for hydroxylation is 1. The van der Waals surface area contributed by atoms with Crippen LogP contribution in [0, 0.1) is 17.8 Å². The third kappa shape index (κ3) is 2.86. The van der Waals surface area contributed by atoms with Crippen molar-refractivity contribution < 1.29 is 9.59 Å². The summed E-state index contributed by atoms with van der Waals surface area (Å²) in [6, 6.07) is 0. The second kappa shape index (κ2) is 5.62. The minimum absolute atomic E-state index is 0.0570. The number of ketones is 2. The predicted octanol–water partition coefficient (Wildman–Crippen LogP) is 4.42. The van der Waals surface area contributed by atoms with Crippen LogP contribution < -0.4 is 5.32 Å². The van der Waals surface area contributed by atoms with E-state index >= 15 is 0 Å². The first-order chi connectivity index (χ1) is 12.1. The zero-order valence-corrected chi connectivity index (χ0v) is 17.0. The number of hydrogen-bond acceptors (Lipinski definition) is 5. The molecular weight excluding hydrogens is 344 g/mol. The molecule has 3 aliphatic rings. The largest absolute Gasteiger partial charge is 0.362 e. The van der Waals surface area contributed by atoms with Crippen molar-refractivity contribution in [2.45, 2.75) is 66.2 Å². The molecular formula is C21H26N2O2S. The Morgan fingerprint density at radius 2 is 1.46 bits per heavy atom. The molecule has 1 aliphatic heterocycles. The molecule has 0 bridgehead atoms. The van der Waals surface area contributed by atoms with Crippen LogP contribution in [0.15, 0.2) is 27.9 Å². The average Bonchev–Trinajstić information content (AvgIpc) is 2.88. The Kier molecular flexibility index (Phi) is 3.82. The Balaban J connectivity index is 1.90. The maximum atomic E-state index is 13.1. The highest BCUT2D eigenvalue weighted by molar-refractivity contribution is 7.09. The number of rotatable bonds is 1. The first-order valence-corrected chi connectivity index (χ1v) is 10.2. The lowest BCUT2D eigenvalue weighted by atomic mass is 9.66. The first kappa shape index (κ1) is 17.7. The Bertz CT molecular complexity index is 834. The topological polar surface area (TPSA) is 59.1 Å². The van der Waals surface area contributed by atoms with Crippen LogP contribution in [-0.4, -0.2) is 16.6 Å². The van der Waals surface area contributed by atoms with Gasteiger partial charge in [-0.05, 0) is 30.6 Å². The van der Waals surface area contributed by atoms with E-state index in [4.69, 9.17) is 0 Å². The maximum Gasteiger partial charge on any atom is 0.162 e. The van der Waals surface area contributed by atoms with Gasteiger partial charge in [-0.15, -0.1) is 11.3 Å². The number of aromatic nitrogens is 1. The molecule has 0 unspecified atom stereocenters. The summed E-state index contributed by atoms with van der Waals surface area (Å²) < 4.78 is 0. The molecule has 0 saturated carbocycles. The van der Waals surface area contributed by atoms with Gasteiger partial charge in [0.05, 0.1) is 5.92 Å². The SMILES string of the molecule is Cc1csc(C2C3=C(CC(C)(C)CC3=O)NC3=C2C(=O)CC(C)(C)C3)n1. The third-order valence-corrected chi connectivity index (χ3v) is 6.63. The zero-order chi connectivity index (χ0) is 18.9. The monoisotopic (exact) mass is 370 g/mol. The molecule has 26 heavy (non-hydrogen) atoms. The number of Topliss-reactive ketones (excluding diaryl/α,β-unsaturated/α-hetero) is 2. The van der Waals surface area contributed by atoms with E-state index in [1.54, 1.807) is 11.3 Å². The smallest absolute Gasteiger partial charge is 0.162 e. The zero-order valence-electron chi connectivity index (χ0n) is 16.2. The molecule has 4 nitrogen and oxygen atoms in total. The summed E-state index contributed by atoms with van der Waals surface area (Å²) in [5.74, 6) is 0.0312. The molecule has 1 aromatic heterocycles. The van der Waals surface area contributed by atoms with Crippen LogP contribution >= 0.6 is 11.3 Å². The molecule has 0 amide bonds. The van der Waals surface area contributed by atoms with Gasteiger partial charge >= 0.3 is 0 Å². The maximum absolute atomic E-state index is 13.1. The highest BCUT2D eigenvalue weighted by Crippen LogP contribution is 2.51. The number of thiazole rings is 1. The normalized spacial score (nSPS) is 25.1. The lowest BCUT2D eigenvalue weighted by Crippen LogP contribution is -2.42. The van der Waals surface area contributed by atoms with Crippen molar-refractivity contribution >= 4 is 22.9 Å². The molecule has 0 aromatic carbocycles. The van der Waals surface area contributed by atoms with Gasteiger partial charge in [-0.3, -0.25) is 9.59 Å². The summed E-state index contributed by atoms with van der Waals surface area (Å²) in [5.41, 5.74) is 4.41. The fourth-order valence-electron chi connectivity index (χ4n) is 4.64. The van der Waals surface area contributed by atoms with Gasteiger partial charge in [-0.1, -0.05) is 27.7 Å². The van der Waals surface area contributed by atoms with Crippen molar-refractivity contribution in [2.24, 2.45) is 10.8 Å². The summed E-state index contributed by atoms with van der Waals surface area (Å²) in [7, 11) is 0. The number of nitrogens with one attached hydrogen (secondary N) is 1. The van der Waals surface area contributed by atoms with E-state index in [0.717, 1.165) is 46.1 Å². The quantitative estimate of drug-likeness (QED) is 0.795. The van der Waals surface area contributed by atoms with Crippen LogP contribution in [0.2, 0.25) is 0 Å². The fourth-order valence-corrected chi connectivity index (χ4v) is 5.55. The number of carbonyl (C=O) groups is 2. The van der Waals surface area contributed by atoms with Gasteiger partial charge in [0, 0.05) is 46.5 Å². The van der Waals surface area contributed by atoms with Crippen molar-refractivity contribution in [2.75, 3.05) is 0 Å². The van der Waals surface area contributed by atoms with Gasteiger partial charge in [-0.2, -0.15) is 0 Å². The van der Waals surface area contributed by atoms with Crippen LogP contribution in [-0.2, 0) is 9.59 Å². The molecule has 4 rings (SSSR count). The van der Waals surface area contributed by atoms with E-state index < -0.39 is 0 Å². The Labute approximate surface area is 158 Å². The molecule has 1 N–H and O–H groups in total. The summed E-state index contributed by atoms with van der Waals surface area (Å²) in [5, 5.41) is 6.42. The molecule has 2 aliphatic carbocycles. The Morgan fingerprint density at radius 3 is 1.88 bits per heavy atom. The third-order valence-electron chi connectivity index (χ3n) is 5.60. The number of nitrogens with zero attached hydrogens (tertiary/aromatic N) is 1. The number of allylic oxidation sites excluding steroid dienone is 4. The van der Waals surface area contributed by atoms with Crippen molar-refractivity contribution in [1.29, 1.82) is 0 Å². The minimum atomic E-state index is -0.285. The van der Waals surface area contributed by atoms with E-state index in [0.29, 0.717) is 12.8 Å². The highest BCUT2D eigenvalue weighted by atomic mass is 32.1. The van der Waals surface area contributed by atoms with Crippen LogP contribution in [0.5, 0.6) is 0 Å². The molecule has 0 spiro atoms. The van der Waals surface area contributed by atoms with E-state index in [-0.39, 0.29) is 28.3 Å². The fraction of sp³-hybridized carbons (Fsp3) is 0.571. The summed E-state index contributed by atoms with van der Waals surface area (Å²) in [6.07, 6.45) is 2.72. The standard InChI is InChI=1S/C21H26N2O2S/c1-11-10-26-19(22-11)18-16-12(6-20(2,3)8-14(16)24)23-13-7-21(4,5)9-15(25)17(13)18/h10,18,23H,6-9H2,1-5H3. The van der Waals surface area contributed by atoms with Gasteiger partial charge in [0.2, 0.25) is 0 Å². The Morgan fingerprint density at radius 1 is 0.962 bits per heavy atom. The average molecular weight is 371 g/mol. The number of hydrogen-bond donors (Lipinski definition) is 1. The minimum Gasteiger partial charge on any atom is -0.362 e. The van der Waals surface area contributed by atoms with Gasteiger partial charge in [0.25, 0.3) is 0 Å². The molecule has 138 valence electrons. The van der Waals surface area contributed by atoms with Crippen LogP contribution in [0.4, 0.5) is 0 Å². The second-order valence-electron chi connectivity index (χ2n) is 9.55. The van der Waals surface area contributed by atoms with E-state index in [1.807, 2.05) is 12.3 Å². The van der Waals surface area contributed by atoms with Crippen LogP contribution in [0.3, 0.4) is 0 Å².